The van der Waals surface area contributed by atoms with E-state index >= 15 is 0 Å². The first-order valence-corrected chi connectivity index (χ1v) is 5.57. The first-order chi connectivity index (χ1) is 6.47. The fraction of sp³-hybridized carbons (Fsp3) is 0.875. The van der Waals surface area contributed by atoms with Gasteiger partial charge in [0.15, 0.2) is 0 Å². The lowest BCUT2D eigenvalue weighted by molar-refractivity contribution is -0.154. The Labute approximate surface area is 84.6 Å². The molecule has 1 N–H and O–H groups in total. The topological polar surface area (TPSA) is 29.1 Å². The number of amides is 1. The van der Waals surface area contributed by atoms with E-state index in [0.29, 0.717) is 0 Å². The van der Waals surface area contributed by atoms with E-state index in [1.54, 1.807) is 11.8 Å². The first kappa shape index (κ1) is 11.7. The Kier molecular flexibility index (Phi) is 4.10. The van der Waals surface area contributed by atoms with Crippen molar-refractivity contribution in [3.63, 3.8) is 0 Å². The van der Waals surface area contributed by atoms with Gasteiger partial charge in [-0.1, -0.05) is 0 Å². The van der Waals surface area contributed by atoms with E-state index in [9.17, 15) is 18.0 Å². The Hall–Kier alpha value is -0.390. The van der Waals surface area contributed by atoms with Gasteiger partial charge in [0, 0.05) is 11.8 Å². The minimum atomic E-state index is -4.40. The van der Waals surface area contributed by atoms with Crippen LogP contribution in [-0.2, 0) is 4.79 Å². The van der Waals surface area contributed by atoms with Crippen molar-refractivity contribution in [2.45, 2.75) is 31.5 Å². The van der Waals surface area contributed by atoms with Gasteiger partial charge in [-0.25, -0.2) is 0 Å². The number of alkyl halides is 3. The molecule has 1 amide bonds. The van der Waals surface area contributed by atoms with Gasteiger partial charge < -0.3 is 5.32 Å². The molecule has 14 heavy (non-hydrogen) atoms. The van der Waals surface area contributed by atoms with Gasteiger partial charge in [0.25, 0.3) is 0 Å². The van der Waals surface area contributed by atoms with Gasteiger partial charge in [0.05, 0.1) is 0 Å². The van der Waals surface area contributed by atoms with Gasteiger partial charge in [-0.3, -0.25) is 4.79 Å². The highest BCUT2D eigenvalue weighted by Crippen LogP contribution is 2.21. The molecule has 1 unspecified atom stereocenters. The van der Waals surface area contributed by atoms with Crippen LogP contribution in [0.15, 0.2) is 0 Å². The molecule has 82 valence electrons. The number of carbonyl (C=O) groups is 1. The van der Waals surface area contributed by atoms with Crippen LogP contribution in [-0.4, -0.2) is 29.6 Å². The van der Waals surface area contributed by atoms with E-state index in [4.69, 9.17) is 0 Å². The second-order valence-electron chi connectivity index (χ2n) is 3.27. The third kappa shape index (κ3) is 4.74. The lowest BCUT2D eigenvalue weighted by Gasteiger charge is -2.22. The number of hydrogen-bond acceptors (Lipinski definition) is 2. The quantitative estimate of drug-likeness (QED) is 0.781. The number of carbonyl (C=O) groups excluding carboxylic acids is 1. The average Bonchev–Trinajstić information content (AvgIpc) is 2.02. The maximum Gasteiger partial charge on any atom is 0.397 e. The number of halogens is 3. The number of nitrogens with one attached hydrogen (secondary N) is 1. The van der Waals surface area contributed by atoms with Crippen LogP contribution in [0.2, 0.25) is 0 Å². The third-order valence-electron chi connectivity index (χ3n) is 1.89. The van der Waals surface area contributed by atoms with Crippen LogP contribution >= 0.6 is 11.8 Å². The monoisotopic (exact) mass is 227 g/mol. The van der Waals surface area contributed by atoms with Crippen LogP contribution in [0.25, 0.3) is 0 Å². The Bertz CT molecular complexity index is 201. The Morgan fingerprint density at radius 3 is 2.71 bits per heavy atom. The summed E-state index contributed by atoms with van der Waals surface area (Å²) in [7, 11) is 0. The highest BCUT2D eigenvalue weighted by Gasteiger charge is 2.32. The smallest absolute Gasteiger partial charge is 0.352 e. The fourth-order valence-electron chi connectivity index (χ4n) is 1.32. The highest BCUT2D eigenvalue weighted by atomic mass is 32.2. The summed E-state index contributed by atoms with van der Waals surface area (Å²) >= 11 is 1.67. The molecule has 0 aromatic heterocycles. The third-order valence-corrected chi connectivity index (χ3v) is 3.10. The lowest BCUT2D eigenvalue weighted by atomic mass is 10.2. The van der Waals surface area contributed by atoms with Crippen LogP contribution in [0, 0.1) is 0 Å². The standard InChI is InChI=1S/C8H12F3NOS/c9-8(10,11)4-7(13)12-6-2-1-3-14-5-6/h6H,1-5H2,(H,12,13). The Morgan fingerprint density at radius 2 is 2.21 bits per heavy atom. The van der Waals surface area contributed by atoms with Gasteiger partial charge in [-0.05, 0) is 18.6 Å². The van der Waals surface area contributed by atoms with Gasteiger partial charge in [-0.15, -0.1) is 0 Å². The van der Waals surface area contributed by atoms with E-state index < -0.39 is 18.5 Å². The van der Waals surface area contributed by atoms with Crippen LogP contribution in [0.4, 0.5) is 13.2 Å². The SMILES string of the molecule is O=C(CC(F)(F)F)NC1CCCSC1. The molecule has 1 atom stereocenters. The molecule has 1 heterocycles. The second-order valence-corrected chi connectivity index (χ2v) is 4.42. The number of hydrogen-bond donors (Lipinski definition) is 1. The number of thioether (sulfide) groups is 1. The second kappa shape index (κ2) is 4.91. The highest BCUT2D eigenvalue weighted by molar-refractivity contribution is 7.99. The van der Waals surface area contributed by atoms with Crippen molar-refractivity contribution in [2.75, 3.05) is 11.5 Å². The maximum absolute atomic E-state index is 11.8. The molecule has 1 aliphatic heterocycles. The molecule has 0 radical (unpaired) electrons. The molecule has 0 aliphatic carbocycles. The summed E-state index contributed by atoms with van der Waals surface area (Å²) in [5, 5.41) is 2.40. The summed E-state index contributed by atoms with van der Waals surface area (Å²) in [5.41, 5.74) is 0. The number of rotatable bonds is 2. The zero-order valence-electron chi connectivity index (χ0n) is 7.56. The summed E-state index contributed by atoms with van der Waals surface area (Å²) in [6.07, 6.45) is -4.02. The molecule has 1 aliphatic rings. The predicted molar refractivity (Wildman–Crippen MR) is 49.2 cm³/mol. The lowest BCUT2D eigenvalue weighted by Crippen LogP contribution is -2.40. The summed E-state index contributed by atoms with van der Waals surface area (Å²) in [4.78, 5) is 10.9. The molecule has 6 heteroatoms. The van der Waals surface area contributed by atoms with E-state index in [0.717, 1.165) is 24.3 Å². The van der Waals surface area contributed by atoms with Crippen molar-refractivity contribution >= 4 is 17.7 Å². The zero-order chi connectivity index (χ0) is 10.6. The van der Waals surface area contributed by atoms with Gasteiger partial charge in [-0.2, -0.15) is 24.9 Å². The molecule has 1 rings (SSSR count). The largest absolute Gasteiger partial charge is 0.397 e. The van der Waals surface area contributed by atoms with Crippen molar-refractivity contribution in [3.05, 3.63) is 0 Å². The van der Waals surface area contributed by atoms with Crippen molar-refractivity contribution in [3.8, 4) is 0 Å². The molecule has 0 aromatic rings. The normalized spacial score (nSPS) is 23.2. The minimum Gasteiger partial charge on any atom is -0.352 e. The molecule has 1 saturated heterocycles. The molecular formula is C8H12F3NOS. The molecule has 2 nitrogen and oxygen atoms in total. The van der Waals surface area contributed by atoms with E-state index in [-0.39, 0.29) is 6.04 Å². The van der Waals surface area contributed by atoms with Crippen molar-refractivity contribution < 1.29 is 18.0 Å². The molecule has 0 saturated carbocycles. The maximum atomic E-state index is 11.8. The summed E-state index contributed by atoms with van der Waals surface area (Å²) in [6, 6.07) is -0.0800. The summed E-state index contributed by atoms with van der Waals surface area (Å²) in [6.45, 7) is 0. The van der Waals surface area contributed by atoms with Crippen molar-refractivity contribution in [2.24, 2.45) is 0 Å². The van der Waals surface area contributed by atoms with Crippen LogP contribution in [0.5, 0.6) is 0 Å². The first-order valence-electron chi connectivity index (χ1n) is 4.41. The van der Waals surface area contributed by atoms with Crippen LogP contribution in [0.1, 0.15) is 19.3 Å². The Morgan fingerprint density at radius 1 is 1.50 bits per heavy atom. The molecule has 1 fully saturated rings. The minimum absolute atomic E-state index is 0.0800. The van der Waals surface area contributed by atoms with E-state index in [1.807, 2.05) is 0 Å². The van der Waals surface area contributed by atoms with Crippen molar-refractivity contribution in [1.29, 1.82) is 0 Å². The average molecular weight is 227 g/mol. The molecule has 0 bridgehead atoms. The Balaban J connectivity index is 2.25. The summed E-state index contributed by atoms with van der Waals surface area (Å²) < 4.78 is 35.4. The zero-order valence-corrected chi connectivity index (χ0v) is 8.38. The van der Waals surface area contributed by atoms with Crippen LogP contribution < -0.4 is 5.32 Å². The predicted octanol–water partition coefficient (Wildman–Crippen LogP) is 1.95. The molecule has 0 spiro atoms. The van der Waals surface area contributed by atoms with E-state index in [1.165, 1.54) is 0 Å². The summed E-state index contributed by atoms with van der Waals surface area (Å²) in [5.74, 6) is 0.847. The van der Waals surface area contributed by atoms with Gasteiger partial charge >= 0.3 is 6.18 Å². The van der Waals surface area contributed by atoms with Crippen molar-refractivity contribution in [1.82, 2.24) is 5.32 Å². The van der Waals surface area contributed by atoms with Crippen LogP contribution in [0.3, 0.4) is 0 Å². The van der Waals surface area contributed by atoms with E-state index in [2.05, 4.69) is 5.32 Å². The van der Waals surface area contributed by atoms with Gasteiger partial charge in [0.1, 0.15) is 6.42 Å². The van der Waals surface area contributed by atoms with Gasteiger partial charge in [0.2, 0.25) is 5.91 Å². The fourth-order valence-corrected chi connectivity index (χ4v) is 2.39. The molecule has 0 aromatic carbocycles. The molecular weight excluding hydrogens is 215 g/mol.